The summed E-state index contributed by atoms with van der Waals surface area (Å²) in [5.74, 6) is 0. The number of imidazole rings is 1. The average molecular weight is 290 g/mol. The van der Waals surface area contributed by atoms with E-state index in [0.717, 1.165) is 26.6 Å². The van der Waals surface area contributed by atoms with Crippen molar-refractivity contribution in [1.82, 2.24) is 15.0 Å². The number of hydrogen-bond acceptors (Lipinski definition) is 3. The fraction of sp³-hybridized carbons (Fsp3) is 0.143. The van der Waals surface area contributed by atoms with Crippen LogP contribution in [-0.2, 0) is 0 Å². The topological polar surface area (TPSA) is 41.6 Å². The predicted octanol–water partition coefficient (Wildman–Crippen LogP) is 4.38. The highest BCUT2D eigenvalue weighted by atomic mass is 35.5. The Morgan fingerprint density at radius 3 is 2.89 bits per heavy atom. The van der Waals surface area contributed by atoms with E-state index in [9.17, 15) is 0 Å². The molecule has 2 aromatic heterocycles. The summed E-state index contributed by atoms with van der Waals surface area (Å²) in [6.45, 7) is 4.08. The Kier molecular flexibility index (Phi) is 3.21. The zero-order valence-corrected chi connectivity index (χ0v) is 12.1. The van der Waals surface area contributed by atoms with E-state index < -0.39 is 0 Å². The quantitative estimate of drug-likeness (QED) is 0.712. The SMILES string of the molecule is Cc1ccc2nc(Sc3cc(Cl)ncc3C)[nH]c2c1. The first-order valence-electron chi connectivity index (χ1n) is 5.88. The fourth-order valence-corrected chi connectivity index (χ4v) is 2.96. The number of fused-ring (bicyclic) bond motifs is 1. The molecule has 0 aliphatic rings. The molecule has 1 aromatic carbocycles. The van der Waals surface area contributed by atoms with Crippen molar-refractivity contribution in [2.45, 2.75) is 23.9 Å². The number of aromatic nitrogens is 3. The molecule has 0 unspecified atom stereocenters. The van der Waals surface area contributed by atoms with Crippen molar-refractivity contribution in [3.8, 4) is 0 Å². The van der Waals surface area contributed by atoms with Crippen LogP contribution in [-0.4, -0.2) is 15.0 Å². The molecule has 0 aliphatic heterocycles. The smallest absolute Gasteiger partial charge is 0.171 e. The Morgan fingerprint density at radius 2 is 2.05 bits per heavy atom. The number of rotatable bonds is 2. The molecular weight excluding hydrogens is 278 g/mol. The van der Waals surface area contributed by atoms with Gasteiger partial charge < -0.3 is 4.98 Å². The molecule has 19 heavy (non-hydrogen) atoms. The van der Waals surface area contributed by atoms with Crippen LogP contribution in [0.5, 0.6) is 0 Å². The molecule has 0 spiro atoms. The van der Waals surface area contributed by atoms with Crippen LogP contribution >= 0.6 is 23.4 Å². The van der Waals surface area contributed by atoms with Gasteiger partial charge in [0.25, 0.3) is 0 Å². The highest BCUT2D eigenvalue weighted by molar-refractivity contribution is 7.99. The van der Waals surface area contributed by atoms with Crippen LogP contribution in [0.25, 0.3) is 11.0 Å². The number of benzene rings is 1. The number of aryl methyl sites for hydroxylation is 2. The number of nitrogens with one attached hydrogen (secondary N) is 1. The summed E-state index contributed by atoms with van der Waals surface area (Å²) in [7, 11) is 0. The molecule has 0 radical (unpaired) electrons. The molecular formula is C14H12ClN3S. The Labute approximate surface area is 120 Å². The second kappa shape index (κ2) is 4.87. The molecule has 0 atom stereocenters. The summed E-state index contributed by atoms with van der Waals surface area (Å²) in [4.78, 5) is 13.0. The minimum Gasteiger partial charge on any atom is -0.333 e. The highest BCUT2D eigenvalue weighted by Gasteiger charge is 2.07. The van der Waals surface area contributed by atoms with Crippen LogP contribution in [0.4, 0.5) is 0 Å². The average Bonchev–Trinajstić information content (AvgIpc) is 2.75. The first-order valence-corrected chi connectivity index (χ1v) is 7.07. The van der Waals surface area contributed by atoms with Crippen molar-refractivity contribution >= 4 is 34.4 Å². The maximum atomic E-state index is 5.93. The lowest BCUT2D eigenvalue weighted by Crippen LogP contribution is -1.84. The molecule has 0 fully saturated rings. The molecule has 0 amide bonds. The predicted molar refractivity (Wildman–Crippen MR) is 78.9 cm³/mol. The molecule has 2 heterocycles. The van der Waals surface area contributed by atoms with Gasteiger partial charge >= 0.3 is 0 Å². The van der Waals surface area contributed by atoms with Gasteiger partial charge in [-0.1, -0.05) is 29.4 Å². The van der Waals surface area contributed by atoms with Crippen molar-refractivity contribution in [2.24, 2.45) is 0 Å². The minimum atomic E-state index is 0.500. The highest BCUT2D eigenvalue weighted by Crippen LogP contribution is 2.30. The number of halogens is 1. The minimum absolute atomic E-state index is 0.500. The fourth-order valence-electron chi connectivity index (χ4n) is 1.84. The van der Waals surface area contributed by atoms with Crippen LogP contribution in [0.3, 0.4) is 0 Å². The van der Waals surface area contributed by atoms with E-state index in [1.807, 2.05) is 19.1 Å². The van der Waals surface area contributed by atoms with E-state index in [1.54, 1.807) is 18.0 Å². The zero-order valence-electron chi connectivity index (χ0n) is 10.6. The van der Waals surface area contributed by atoms with E-state index in [1.165, 1.54) is 5.56 Å². The molecule has 96 valence electrons. The van der Waals surface area contributed by atoms with Crippen LogP contribution in [0.1, 0.15) is 11.1 Å². The van der Waals surface area contributed by atoms with Gasteiger partial charge in [-0.2, -0.15) is 0 Å². The summed E-state index contributed by atoms with van der Waals surface area (Å²) in [5.41, 5.74) is 4.34. The van der Waals surface area contributed by atoms with E-state index in [2.05, 4.69) is 34.0 Å². The van der Waals surface area contributed by atoms with Gasteiger partial charge in [-0.25, -0.2) is 9.97 Å². The van der Waals surface area contributed by atoms with Gasteiger partial charge in [0.15, 0.2) is 5.16 Å². The summed E-state index contributed by atoms with van der Waals surface area (Å²) >= 11 is 7.50. The molecule has 0 saturated heterocycles. The van der Waals surface area contributed by atoms with Crippen LogP contribution < -0.4 is 0 Å². The van der Waals surface area contributed by atoms with Gasteiger partial charge in [-0.05, 0) is 43.2 Å². The van der Waals surface area contributed by atoms with Crippen LogP contribution in [0.15, 0.2) is 40.5 Å². The first kappa shape index (κ1) is 12.5. The van der Waals surface area contributed by atoms with Crippen molar-refractivity contribution in [1.29, 1.82) is 0 Å². The number of H-pyrrole nitrogens is 1. The molecule has 1 N–H and O–H groups in total. The lowest BCUT2D eigenvalue weighted by molar-refractivity contribution is 1.07. The van der Waals surface area contributed by atoms with Crippen LogP contribution in [0, 0.1) is 13.8 Å². The summed E-state index contributed by atoms with van der Waals surface area (Å²) < 4.78 is 0. The van der Waals surface area contributed by atoms with Crippen LogP contribution in [0.2, 0.25) is 5.15 Å². The lowest BCUT2D eigenvalue weighted by Gasteiger charge is -2.02. The van der Waals surface area contributed by atoms with E-state index in [-0.39, 0.29) is 0 Å². The second-order valence-electron chi connectivity index (χ2n) is 4.44. The first-order chi connectivity index (χ1) is 9.11. The maximum absolute atomic E-state index is 5.93. The maximum Gasteiger partial charge on any atom is 0.171 e. The van der Waals surface area contributed by atoms with Crippen molar-refractivity contribution in [3.63, 3.8) is 0 Å². The van der Waals surface area contributed by atoms with Crippen molar-refractivity contribution in [2.75, 3.05) is 0 Å². The lowest BCUT2D eigenvalue weighted by atomic mass is 10.2. The second-order valence-corrected chi connectivity index (χ2v) is 5.86. The number of aromatic amines is 1. The third-order valence-electron chi connectivity index (χ3n) is 2.84. The van der Waals surface area contributed by atoms with Crippen molar-refractivity contribution in [3.05, 3.63) is 46.7 Å². The summed E-state index contributed by atoms with van der Waals surface area (Å²) in [6.07, 6.45) is 1.78. The van der Waals surface area contributed by atoms with E-state index >= 15 is 0 Å². The van der Waals surface area contributed by atoms with Gasteiger partial charge in [0.1, 0.15) is 5.15 Å². The monoisotopic (exact) mass is 289 g/mol. The standard InChI is InChI=1S/C14H12ClN3S/c1-8-3-4-10-11(5-8)18-14(17-10)19-12-6-13(15)16-7-9(12)2/h3-7H,1-2H3,(H,17,18). The Balaban J connectivity index is 1.98. The third-order valence-corrected chi connectivity index (χ3v) is 4.10. The number of pyridine rings is 1. The molecule has 0 aliphatic carbocycles. The Morgan fingerprint density at radius 1 is 1.21 bits per heavy atom. The van der Waals surface area contributed by atoms with Crippen molar-refractivity contribution < 1.29 is 0 Å². The molecule has 3 rings (SSSR count). The van der Waals surface area contributed by atoms with Gasteiger partial charge in [-0.3, -0.25) is 0 Å². The number of nitrogens with zero attached hydrogens (tertiary/aromatic N) is 2. The van der Waals surface area contributed by atoms with Gasteiger partial charge in [0.2, 0.25) is 0 Å². The van der Waals surface area contributed by atoms with Gasteiger partial charge in [0.05, 0.1) is 11.0 Å². The Hall–Kier alpha value is -1.52. The normalized spacial score (nSPS) is 11.1. The molecule has 0 saturated carbocycles. The van der Waals surface area contributed by atoms with Gasteiger partial charge in [-0.15, -0.1) is 0 Å². The summed E-state index contributed by atoms with van der Waals surface area (Å²) in [5, 5.41) is 1.37. The largest absolute Gasteiger partial charge is 0.333 e. The molecule has 3 aromatic rings. The van der Waals surface area contributed by atoms with Gasteiger partial charge in [0, 0.05) is 11.1 Å². The Bertz CT molecular complexity index is 752. The van der Waals surface area contributed by atoms with E-state index in [4.69, 9.17) is 11.6 Å². The molecule has 5 heteroatoms. The summed E-state index contributed by atoms with van der Waals surface area (Å²) in [6, 6.07) is 8.04. The zero-order chi connectivity index (χ0) is 13.4. The van der Waals surface area contributed by atoms with E-state index in [0.29, 0.717) is 5.15 Å². The number of hydrogen-bond donors (Lipinski definition) is 1. The molecule has 0 bridgehead atoms. The third kappa shape index (κ3) is 2.60. The molecule has 3 nitrogen and oxygen atoms in total.